The number of nitrogens with zero attached hydrogens (tertiary/aromatic N) is 1. The zero-order valence-electron chi connectivity index (χ0n) is 11.8. The Labute approximate surface area is 124 Å². The first-order valence-electron chi connectivity index (χ1n) is 6.53. The molecule has 0 aliphatic rings. The Morgan fingerprint density at radius 3 is 2.55 bits per heavy atom. The van der Waals surface area contributed by atoms with Gasteiger partial charge in [0.2, 0.25) is 0 Å². The molecule has 1 aromatic carbocycles. The summed E-state index contributed by atoms with van der Waals surface area (Å²) < 4.78 is 0. The number of thioether (sulfide) groups is 1. The van der Waals surface area contributed by atoms with E-state index in [4.69, 9.17) is 5.73 Å². The topological polar surface area (TPSA) is 38.9 Å². The summed E-state index contributed by atoms with van der Waals surface area (Å²) in [7, 11) is 0. The Balaban J connectivity index is 2.00. The molecular weight excluding hydrogens is 264 g/mol. The third-order valence-electron chi connectivity index (χ3n) is 2.75. The second kappa shape index (κ2) is 7.14. The van der Waals surface area contributed by atoms with Crippen LogP contribution in [0.1, 0.15) is 22.4 Å². The van der Waals surface area contributed by atoms with Crippen LogP contribution in [0.4, 0.5) is 0 Å². The van der Waals surface area contributed by atoms with Crippen molar-refractivity contribution in [2.75, 3.05) is 6.54 Å². The standard InChI is InChI=1S/C17H18N2S/c1-13-10-14(2)19-17(11-13)20-12-16-7-5-15(6-8-16)4-3-9-18/h5-8,10-11H,9,12,18H2,1-2H3. The Bertz CT molecular complexity index is 616. The van der Waals surface area contributed by atoms with Crippen molar-refractivity contribution in [1.29, 1.82) is 0 Å². The van der Waals surface area contributed by atoms with Gasteiger partial charge in [0.25, 0.3) is 0 Å². The minimum atomic E-state index is 0.399. The SMILES string of the molecule is Cc1cc(C)nc(SCc2ccc(C#CCN)cc2)c1. The van der Waals surface area contributed by atoms with Gasteiger partial charge in [0, 0.05) is 17.0 Å². The van der Waals surface area contributed by atoms with Gasteiger partial charge in [-0.2, -0.15) is 0 Å². The minimum Gasteiger partial charge on any atom is -0.320 e. The summed E-state index contributed by atoms with van der Waals surface area (Å²) in [5, 5.41) is 1.08. The van der Waals surface area contributed by atoms with Crippen LogP contribution in [-0.4, -0.2) is 11.5 Å². The van der Waals surface area contributed by atoms with Gasteiger partial charge in [-0.15, -0.1) is 11.8 Å². The fourth-order valence-corrected chi connectivity index (χ4v) is 2.86. The molecule has 2 N–H and O–H groups in total. The van der Waals surface area contributed by atoms with Crippen LogP contribution < -0.4 is 5.73 Å². The number of nitrogens with two attached hydrogens (primary N) is 1. The number of rotatable bonds is 3. The van der Waals surface area contributed by atoms with Gasteiger partial charge >= 0.3 is 0 Å². The van der Waals surface area contributed by atoms with E-state index in [1.54, 1.807) is 11.8 Å². The van der Waals surface area contributed by atoms with Crippen LogP contribution in [0, 0.1) is 25.7 Å². The van der Waals surface area contributed by atoms with Crippen LogP contribution >= 0.6 is 11.8 Å². The molecule has 102 valence electrons. The third kappa shape index (κ3) is 4.41. The van der Waals surface area contributed by atoms with Gasteiger partial charge in [0.1, 0.15) is 0 Å². The number of hydrogen-bond acceptors (Lipinski definition) is 3. The molecule has 0 unspecified atom stereocenters. The van der Waals surface area contributed by atoms with E-state index in [2.05, 4.69) is 48.0 Å². The number of hydrogen-bond donors (Lipinski definition) is 1. The van der Waals surface area contributed by atoms with E-state index in [0.29, 0.717) is 6.54 Å². The first-order valence-corrected chi connectivity index (χ1v) is 7.52. The molecular formula is C17H18N2S. The van der Waals surface area contributed by atoms with Crippen molar-refractivity contribution in [2.45, 2.75) is 24.6 Å². The number of benzene rings is 1. The number of aryl methyl sites for hydroxylation is 2. The van der Waals surface area contributed by atoms with Crippen molar-refractivity contribution in [3.63, 3.8) is 0 Å². The number of aromatic nitrogens is 1. The quantitative estimate of drug-likeness (QED) is 0.693. The molecule has 0 fully saturated rings. The molecule has 2 aromatic rings. The maximum Gasteiger partial charge on any atom is 0.0968 e. The van der Waals surface area contributed by atoms with Crippen LogP contribution in [0.5, 0.6) is 0 Å². The summed E-state index contributed by atoms with van der Waals surface area (Å²) >= 11 is 1.76. The van der Waals surface area contributed by atoms with E-state index >= 15 is 0 Å². The molecule has 0 bridgehead atoms. The monoisotopic (exact) mass is 282 g/mol. The third-order valence-corrected chi connectivity index (χ3v) is 3.73. The fraction of sp³-hybridized carbons (Fsp3) is 0.235. The number of pyridine rings is 1. The molecule has 0 saturated carbocycles. The Hall–Kier alpha value is -1.76. The first-order chi connectivity index (χ1) is 9.67. The lowest BCUT2D eigenvalue weighted by molar-refractivity contribution is 1.05. The van der Waals surface area contributed by atoms with Crippen molar-refractivity contribution < 1.29 is 0 Å². The molecule has 1 aromatic heterocycles. The molecule has 0 aliphatic heterocycles. The first kappa shape index (κ1) is 14.6. The molecule has 20 heavy (non-hydrogen) atoms. The zero-order chi connectivity index (χ0) is 14.4. The highest BCUT2D eigenvalue weighted by atomic mass is 32.2. The lowest BCUT2D eigenvalue weighted by Crippen LogP contribution is -1.93. The summed E-state index contributed by atoms with van der Waals surface area (Å²) in [5.41, 5.74) is 9.97. The molecule has 2 rings (SSSR count). The summed E-state index contributed by atoms with van der Waals surface area (Å²) in [6.45, 7) is 4.53. The lowest BCUT2D eigenvalue weighted by Gasteiger charge is -2.04. The van der Waals surface area contributed by atoms with Crippen molar-refractivity contribution >= 4 is 11.8 Å². The smallest absolute Gasteiger partial charge is 0.0968 e. The molecule has 1 heterocycles. The van der Waals surface area contributed by atoms with Crippen LogP contribution in [0.3, 0.4) is 0 Å². The van der Waals surface area contributed by atoms with E-state index in [-0.39, 0.29) is 0 Å². The van der Waals surface area contributed by atoms with Crippen molar-refractivity contribution in [2.24, 2.45) is 5.73 Å². The van der Waals surface area contributed by atoms with Gasteiger partial charge in [-0.3, -0.25) is 0 Å². The van der Waals surface area contributed by atoms with E-state index in [1.165, 1.54) is 11.1 Å². The fourth-order valence-electron chi connectivity index (χ4n) is 1.87. The average molecular weight is 282 g/mol. The second-order valence-corrected chi connectivity index (χ2v) is 5.61. The van der Waals surface area contributed by atoms with E-state index < -0.39 is 0 Å². The molecule has 3 heteroatoms. The van der Waals surface area contributed by atoms with Gasteiger partial charge in [-0.1, -0.05) is 24.0 Å². The predicted octanol–water partition coefficient (Wildman–Crippen LogP) is 3.30. The Morgan fingerprint density at radius 1 is 1.15 bits per heavy atom. The molecule has 0 radical (unpaired) electrons. The molecule has 2 nitrogen and oxygen atoms in total. The average Bonchev–Trinajstić information content (AvgIpc) is 2.43. The van der Waals surface area contributed by atoms with E-state index in [0.717, 1.165) is 22.0 Å². The highest BCUT2D eigenvalue weighted by Gasteiger charge is 2.00. The van der Waals surface area contributed by atoms with Gasteiger partial charge in [-0.25, -0.2) is 4.98 Å². The van der Waals surface area contributed by atoms with Crippen molar-refractivity contribution in [1.82, 2.24) is 4.98 Å². The molecule has 0 atom stereocenters. The largest absolute Gasteiger partial charge is 0.320 e. The van der Waals surface area contributed by atoms with Crippen molar-refractivity contribution in [3.05, 3.63) is 58.8 Å². The molecule has 0 saturated heterocycles. The molecule has 0 amide bonds. The summed E-state index contributed by atoms with van der Waals surface area (Å²) in [4.78, 5) is 4.53. The zero-order valence-corrected chi connectivity index (χ0v) is 12.6. The lowest BCUT2D eigenvalue weighted by atomic mass is 10.1. The maximum atomic E-state index is 5.36. The van der Waals surface area contributed by atoms with Crippen LogP contribution in [-0.2, 0) is 5.75 Å². The summed E-state index contributed by atoms with van der Waals surface area (Å²) in [5.74, 6) is 6.80. The van der Waals surface area contributed by atoms with Gasteiger partial charge in [0.15, 0.2) is 0 Å². The normalized spacial score (nSPS) is 9.95. The highest BCUT2D eigenvalue weighted by molar-refractivity contribution is 7.98. The minimum absolute atomic E-state index is 0.399. The second-order valence-electron chi connectivity index (χ2n) is 4.62. The maximum absolute atomic E-state index is 5.36. The van der Waals surface area contributed by atoms with Gasteiger partial charge in [-0.05, 0) is 49.2 Å². The van der Waals surface area contributed by atoms with E-state index in [9.17, 15) is 0 Å². The highest BCUT2D eigenvalue weighted by Crippen LogP contribution is 2.22. The summed E-state index contributed by atoms with van der Waals surface area (Å²) in [6, 6.07) is 12.5. The summed E-state index contributed by atoms with van der Waals surface area (Å²) in [6.07, 6.45) is 0. The molecule has 0 aliphatic carbocycles. The van der Waals surface area contributed by atoms with Crippen LogP contribution in [0.25, 0.3) is 0 Å². The van der Waals surface area contributed by atoms with Crippen molar-refractivity contribution in [3.8, 4) is 11.8 Å². The molecule has 0 spiro atoms. The predicted molar refractivity (Wildman–Crippen MR) is 85.6 cm³/mol. The Morgan fingerprint density at radius 2 is 1.90 bits per heavy atom. The van der Waals surface area contributed by atoms with Crippen LogP contribution in [0.2, 0.25) is 0 Å². The Kier molecular flexibility index (Phi) is 5.23. The van der Waals surface area contributed by atoms with Gasteiger partial charge < -0.3 is 5.73 Å². The van der Waals surface area contributed by atoms with Crippen LogP contribution in [0.15, 0.2) is 41.4 Å². The van der Waals surface area contributed by atoms with E-state index in [1.807, 2.05) is 19.1 Å². The van der Waals surface area contributed by atoms with Gasteiger partial charge in [0.05, 0.1) is 11.6 Å².